The van der Waals surface area contributed by atoms with Gasteiger partial charge in [-0.15, -0.1) is 0 Å². The van der Waals surface area contributed by atoms with Gasteiger partial charge in [-0.2, -0.15) is 0 Å². The molecule has 2 aliphatic rings. The Morgan fingerprint density at radius 1 is 1.39 bits per heavy atom. The molecule has 4 nitrogen and oxygen atoms in total. The van der Waals surface area contributed by atoms with E-state index in [0.717, 1.165) is 26.1 Å². The summed E-state index contributed by atoms with van der Waals surface area (Å²) in [5.74, 6) is 0.228. The second-order valence-corrected chi connectivity index (χ2v) is 5.56. The van der Waals surface area contributed by atoms with E-state index in [4.69, 9.17) is 0 Å². The number of nitrogens with zero attached hydrogens (tertiary/aromatic N) is 1. The molecule has 0 saturated carbocycles. The highest BCUT2D eigenvalue weighted by atomic mass is 16.1. The number of rotatable bonds is 6. The first-order valence-corrected chi connectivity index (χ1v) is 7.53. The molecule has 2 saturated heterocycles. The molecule has 2 heterocycles. The minimum absolute atomic E-state index is 0.228. The van der Waals surface area contributed by atoms with Gasteiger partial charge in [0.25, 0.3) is 0 Å². The van der Waals surface area contributed by atoms with Gasteiger partial charge in [0.2, 0.25) is 5.91 Å². The summed E-state index contributed by atoms with van der Waals surface area (Å²) >= 11 is 0. The van der Waals surface area contributed by atoms with Crippen molar-refractivity contribution in [2.24, 2.45) is 0 Å². The second kappa shape index (κ2) is 7.10. The molecule has 18 heavy (non-hydrogen) atoms. The van der Waals surface area contributed by atoms with Crippen molar-refractivity contribution < 1.29 is 4.79 Å². The highest BCUT2D eigenvalue weighted by molar-refractivity contribution is 5.75. The number of carbonyl (C=O) groups is 1. The lowest BCUT2D eigenvalue weighted by molar-refractivity contribution is -0.121. The molecule has 4 heteroatoms. The van der Waals surface area contributed by atoms with E-state index in [9.17, 15) is 4.79 Å². The summed E-state index contributed by atoms with van der Waals surface area (Å²) in [6, 6.07) is 1.15. The number of amides is 1. The Labute approximate surface area is 110 Å². The SMILES string of the molecule is CCN1CCCC1CNC(=O)CCC1CCCN1. The lowest BCUT2D eigenvalue weighted by Crippen LogP contribution is -2.40. The maximum Gasteiger partial charge on any atom is 0.220 e. The van der Waals surface area contributed by atoms with Crippen LogP contribution in [0.5, 0.6) is 0 Å². The predicted octanol–water partition coefficient (Wildman–Crippen LogP) is 1.12. The van der Waals surface area contributed by atoms with Gasteiger partial charge >= 0.3 is 0 Å². The quantitative estimate of drug-likeness (QED) is 0.745. The Bertz CT molecular complexity index is 264. The van der Waals surface area contributed by atoms with Crippen LogP contribution < -0.4 is 10.6 Å². The number of nitrogens with one attached hydrogen (secondary N) is 2. The average molecular weight is 253 g/mol. The summed E-state index contributed by atoms with van der Waals surface area (Å²) in [6.07, 6.45) is 6.68. The monoisotopic (exact) mass is 253 g/mol. The lowest BCUT2D eigenvalue weighted by atomic mass is 10.1. The molecular weight excluding hydrogens is 226 g/mol. The van der Waals surface area contributed by atoms with Crippen LogP contribution in [0.3, 0.4) is 0 Å². The molecule has 0 aromatic heterocycles. The summed E-state index contributed by atoms with van der Waals surface area (Å²) in [6.45, 7) is 6.46. The van der Waals surface area contributed by atoms with Crippen LogP contribution in [0, 0.1) is 0 Å². The Morgan fingerprint density at radius 3 is 3.00 bits per heavy atom. The molecule has 2 atom stereocenters. The summed E-state index contributed by atoms with van der Waals surface area (Å²) in [5, 5.41) is 6.54. The molecule has 0 spiro atoms. The van der Waals surface area contributed by atoms with E-state index < -0.39 is 0 Å². The summed E-state index contributed by atoms with van der Waals surface area (Å²) in [7, 11) is 0. The van der Waals surface area contributed by atoms with Crippen LogP contribution in [0.25, 0.3) is 0 Å². The van der Waals surface area contributed by atoms with E-state index in [1.54, 1.807) is 0 Å². The molecule has 2 N–H and O–H groups in total. The van der Waals surface area contributed by atoms with Crippen LogP contribution in [0.1, 0.15) is 45.4 Å². The molecule has 2 unspecified atom stereocenters. The third-order valence-electron chi connectivity index (χ3n) is 4.32. The number of carbonyl (C=O) groups excluding carboxylic acids is 1. The molecule has 0 aromatic rings. The zero-order chi connectivity index (χ0) is 12.8. The number of hydrogen-bond acceptors (Lipinski definition) is 3. The Kier molecular flexibility index (Phi) is 5.45. The first-order chi connectivity index (χ1) is 8.79. The van der Waals surface area contributed by atoms with Crippen molar-refractivity contribution in [1.82, 2.24) is 15.5 Å². The Morgan fingerprint density at radius 2 is 2.28 bits per heavy atom. The molecule has 0 aliphatic carbocycles. The third kappa shape index (κ3) is 3.95. The van der Waals surface area contributed by atoms with Crippen LogP contribution in [-0.2, 0) is 4.79 Å². The number of likely N-dealkylation sites (N-methyl/N-ethyl adjacent to an activating group) is 1. The van der Waals surface area contributed by atoms with Crippen molar-refractivity contribution in [3.63, 3.8) is 0 Å². The summed E-state index contributed by atoms with van der Waals surface area (Å²) < 4.78 is 0. The van der Waals surface area contributed by atoms with Gasteiger partial charge in [0.1, 0.15) is 0 Å². The van der Waals surface area contributed by atoms with Gasteiger partial charge in [-0.3, -0.25) is 9.69 Å². The minimum Gasteiger partial charge on any atom is -0.355 e. The van der Waals surface area contributed by atoms with Gasteiger partial charge in [0.15, 0.2) is 0 Å². The maximum atomic E-state index is 11.8. The zero-order valence-electron chi connectivity index (χ0n) is 11.6. The molecule has 0 radical (unpaired) electrons. The van der Waals surface area contributed by atoms with Crippen molar-refractivity contribution in [1.29, 1.82) is 0 Å². The third-order valence-corrected chi connectivity index (χ3v) is 4.32. The first kappa shape index (κ1) is 13.8. The van der Waals surface area contributed by atoms with Gasteiger partial charge in [-0.1, -0.05) is 6.92 Å². The average Bonchev–Trinajstić information content (AvgIpc) is 3.04. The van der Waals surface area contributed by atoms with Gasteiger partial charge in [-0.05, 0) is 51.7 Å². The van der Waals surface area contributed by atoms with E-state index in [2.05, 4.69) is 22.5 Å². The largest absolute Gasteiger partial charge is 0.355 e. The van der Waals surface area contributed by atoms with E-state index in [1.165, 1.54) is 32.2 Å². The van der Waals surface area contributed by atoms with Crippen molar-refractivity contribution in [2.45, 2.75) is 57.5 Å². The van der Waals surface area contributed by atoms with Crippen molar-refractivity contribution in [3.05, 3.63) is 0 Å². The zero-order valence-corrected chi connectivity index (χ0v) is 11.6. The fourth-order valence-electron chi connectivity index (χ4n) is 3.17. The van der Waals surface area contributed by atoms with E-state index in [-0.39, 0.29) is 5.91 Å². The van der Waals surface area contributed by atoms with Gasteiger partial charge < -0.3 is 10.6 Å². The van der Waals surface area contributed by atoms with Gasteiger partial charge in [0.05, 0.1) is 0 Å². The van der Waals surface area contributed by atoms with E-state index >= 15 is 0 Å². The van der Waals surface area contributed by atoms with Crippen LogP contribution >= 0.6 is 0 Å². The lowest BCUT2D eigenvalue weighted by Gasteiger charge is -2.23. The van der Waals surface area contributed by atoms with Crippen molar-refractivity contribution >= 4 is 5.91 Å². The standard InChI is InChI=1S/C14H27N3O/c1-2-17-10-4-6-13(17)11-16-14(18)8-7-12-5-3-9-15-12/h12-13,15H,2-11H2,1H3,(H,16,18). The van der Waals surface area contributed by atoms with Gasteiger partial charge in [-0.25, -0.2) is 0 Å². The fraction of sp³-hybridized carbons (Fsp3) is 0.929. The second-order valence-electron chi connectivity index (χ2n) is 5.56. The molecule has 104 valence electrons. The van der Waals surface area contributed by atoms with Crippen LogP contribution in [0.2, 0.25) is 0 Å². The molecular formula is C14H27N3O. The fourth-order valence-corrected chi connectivity index (χ4v) is 3.17. The smallest absolute Gasteiger partial charge is 0.220 e. The molecule has 2 fully saturated rings. The first-order valence-electron chi connectivity index (χ1n) is 7.53. The topological polar surface area (TPSA) is 44.4 Å². The molecule has 2 aliphatic heterocycles. The number of hydrogen-bond donors (Lipinski definition) is 2. The highest BCUT2D eigenvalue weighted by Gasteiger charge is 2.23. The van der Waals surface area contributed by atoms with E-state index in [1.807, 2.05) is 0 Å². The highest BCUT2D eigenvalue weighted by Crippen LogP contribution is 2.15. The van der Waals surface area contributed by atoms with Crippen molar-refractivity contribution in [3.8, 4) is 0 Å². The van der Waals surface area contributed by atoms with Gasteiger partial charge in [0, 0.05) is 25.0 Å². The molecule has 0 bridgehead atoms. The van der Waals surface area contributed by atoms with Crippen LogP contribution in [0.15, 0.2) is 0 Å². The molecule has 2 rings (SSSR count). The summed E-state index contributed by atoms with van der Waals surface area (Å²) in [4.78, 5) is 14.3. The van der Waals surface area contributed by atoms with Crippen molar-refractivity contribution in [2.75, 3.05) is 26.2 Å². The Balaban J connectivity index is 1.59. The predicted molar refractivity (Wildman–Crippen MR) is 73.5 cm³/mol. The maximum absolute atomic E-state index is 11.8. The molecule has 0 aromatic carbocycles. The van der Waals surface area contributed by atoms with E-state index in [0.29, 0.717) is 18.5 Å². The Hall–Kier alpha value is -0.610. The summed E-state index contributed by atoms with van der Waals surface area (Å²) in [5.41, 5.74) is 0. The normalized spacial score (nSPS) is 28.7. The number of likely N-dealkylation sites (tertiary alicyclic amines) is 1. The van der Waals surface area contributed by atoms with Crippen LogP contribution in [0.4, 0.5) is 0 Å². The van der Waals surface area contributed by atoms with Crippen LogP contribution in [-0.4, -0.2) is 49.1 Å². The molecule has 1 amide bonds. The minimum atomic E-state index is 0.228.